The van der Waals surface area contributed by atoms with E-state index >= 15 is 0 Å². The maximum atomic E-state index is 13.0. The average molecular weight is 382 g/mol. The van der Waals surface area contributed by atoms with Crippen molar-refractivity contribution in [3.63, 3.8) is 0 Å². The Morgan fingerprint density at radius 1 is 1.07 bits per heavy atom. The number of nitrogens with one attached hydrogen (secondary N) is 1. The van der Waals surface area contributed by atoms with Gasteiger partial charge in [-0.05, 0) is 31.0 Å². The summed E-state index contributed by atoms with van der Waals surface area (Å²) in [5.41, 5.74) is 2.54. The Kier molecular flexibility index (Phi) is 4.80. The van der Waals surface area contributed by atoms with E-state index in [0.717, 1.165) is 54.2 Å². The molecule has 1 aromatic carbocycles. The molecular formula is C20H26N6O2. The van der Waals surface area contributed by atoms with E-state index in [9.17, 15) is 9.59 Å². The van der Waals surface area contributed by atoms with Crippen molar-refractivity contribution in [3.05, 3.63) is 56.2 Å². The zero-order valence-electron chi connectivity index (χ0n) is 16.6. The van der Waals surface area contributed by atoms with Gasteiger partial charge in [0.2, 0.25) is 5.95 Å². The molecule has 0 amide bonds. The molecule has 0 radical (unpaired) electrons. The van der Waals surface area contributed by atoms with E-state index in [4.69, 9.17) is 4.98 Å². The number of rotatable bonds is 3. The predicted molar refractivity (Wildman–Crippen MR) is 110 cm³/mol. The summed E-state index contributed by atoms with van der Waals surface area (Å²) in [6.07, 6.45) is 1.00. The van der Waals surface area contributed by atoms with Crippen molar-refractivity contribution < 1.29 is 0 Å². The topological polar surface area (TPSA) is 77.1 Å². The second-order valence-electron chi connectivity index (χ2n) is 7.39. The molecule has 8 heteroatoms. The Labute approximate surface area is 163 Å². The van der Waals surface area contributed by atoms with E-state index in [0.29, 0.717) is 17.7 Å². The van der Waals surface area contributed by atoms with E-state index in [1.54, 1.807) is 7.05 Å². The van der Waals surface area contributed by atoms with Crippen LogP contribution in [0.25, 0.3) is 11.2 Å². The van der Waals surface area contributed by atoms with E-state index in [1.807, 2.05) is 16.7 Å². The molecule has 8 nitrogen and oxygen atoms in total. The van der Waals surface area contributed by atoms with Crippen LogP contribution >= 0.6 is 0 Å². The minimum absolute atomic E-state index is 0.307. The fourth-order valence-electron chi connectivity index (χ4n) is 3.83. The number of imidazole rings is 1. The number of nitrogens with zero attached hydrogens (tertiary/aromatic N) is 5. The van der Waals surface area contributed by atoms with Crippen molar-refractivity contribution in [1.82, 2.24) is 24.0 Å². The van der Waals surface area contributed by atoms with Crippen molar-refractivity contribution in [3.8, 4) is 0 Å². The summed E-state index contributed by atoms with van der Waals surface area (Å²) in [6.45, 7) is 6.11. The molecule has 1 aliphatic heterocycles. The quantitative estimate of drug-likeness (QED) is 0.718. The molecule has 1 saturated heterocycles. The normalized spacial score (nSPS) is 15.2. The number of fused-ring (bicyclic) bond motifs is 1. The van der Waals surface area contributed by atoms with Crippen molar-refractivity contribution >= 4 is 17.1 Å². The van der Waals surface area contributed by atoms with Crippen LogP contribution in [0.3, 0.4) is 0 Å². The molecule has 0 atom stereocenters. The van der Waals surface area contributed by atoms with Gasteiger partial charge in [-0.1, -0.05) is 24.3 Å². The molecule has 1 aliphatic rings. The summed E-state index contributed by atoms with van der Waals surface area (Å²) in [5.74, 6) is 0.750. The first-order chi connectivity index (χ1) is 13.5. The highest BCUT2D eigenvalue weighted by atomic mass is 16.2. The molecule has 0 saturated carbocycles. The molecule has 148 valence electrons. The smallest absolute Gasteiger partial charge is 0.332 e. The van der Waals surface area contributed by atoms with Crippen LogP contribution in [0.15, 0.2) is 33.9 Å². The van der Waals surface area contributed by atoms with Crippen LogP contribution in [0.5, 0.6) is 0 Å². The second-order valence-corrected chi connectivity index (χ2v) is 7.39. The third-order valence-electron chi connectivity index (χ3n) is 5.54. The van der Waals surface area contributed by atoms with Crippen molar-refractivity contribution in [1.29, 1.82) is 0 Å². The number of hydrogen-bond donors (Lipinski definition) is 1. The van der Waals surface area contributed by atoms with Gasteiger partial charge in [-0.15, -0.1) is 0 Å². The van der Waals surface area contributed by atoms with E-state index in [-0.39, 0.29) is 11.2 Å². The van der Waals surface area contributed by atoms with Crippen LogP contribution in [0, 0.1) is 6.92 Å². The fraction of sp³-hybridized carbons (Fsp3) is 0.450. The number of aromatic nitrogens is 4. The summed E-state index contributed by atoms with van der Waals surface area (Å²) >= 11 is 0. The molecular weight excluding hydrogens is 356 g/mol. The van der Waals surface area contributed by atoms with Gasteiger partial charge in [0.1, 0.15) is 0 Å². The molecule has 1 N–H and O–H groups in total. The second kappa shape index (κ2) is 7.27. The number of hydrogen-bond acceptors (Lipinski definition) is 5. The first-order valence-corrected chi connectivity index (χ1v) is 9.65. The van der Waals surface area contributed by atoms with Gasteiger partial charge in [-0.3, -0.25) is 18.5 Å². The molecule has 2 aromatic heterocycles. The van der Waals surface area contributed by atoms with Gasteiger partial charge < -0.3 is 10.2 Å². The monoisotopic (exact) mass is 382 g/mol. The zero-order valence-corrected chi connectivity index (χ0v) is 16.6. The highest BCUT2D eigenvalue weighted by Crippen LogP contribution is 2.23. The van der Waals surface area contributed by atoms with Gasteiger partial charge >= 0.3 is 5.69 Å². The highest BCUT2D eigenvalue weighted by Gasteiger charge is 2.23. The molecule has 0 aliphatic carbocycles. The minimum atomic E-state index is -0.359. The molecule has 0 spiro atoms. The van der Waals surface area contributed by atoms with Crippen molar-refractivity contribution in [2.75, 3.05) is 31.1 Å². The molecule has 4 rings (SSSR count). The van der Waals surface area contributed by atoms with Gasteiger partial charge in [0.25, 0.3) is 5.56 Å². The fourth-order valence-corrected chi connectivity index (χ4v) is 3.83. The minimum Gasteiger partial charge on any atom is -0.341 e. The SMILES string of the molecule is Cc1ccccc1Cn1c(N2CCCNCC2)nc2c1c(=O)n(C)c(=O)n2C. The van der Waals surface area contributed by atoms with Crippen molar-refractivity contribution in [2.45, 2.75) is 19.9 Å². The number of anilines is 1. The lowest BCUT2D eigenvalue weighted by atomic mass is 10.1. The maximum absolute atomic E-state index is 13.0. The van der Waals surface area contributed by atoms with Gasteiger partial charge in [0.15, 0.2) is 11.2 Å². The molecule has 28 heavy (non-hydrogen) atoms. The maximum Gasteiger partial charge on any atom is 0.332 e. The van der Waals surface area contributed by atoms with E-state index in [2.05, 4.69) is 29.3 Å². The Balaban J connectivity index is 1.98. The van der Waals surface area contributed by atoms with Crippen LogP contribution < -0.4 is 21.5 Å². The molecule has 0 bridgehead atoms. The lowest BCUT2D eigenvalue weighted by Crippen LogP contribution is -2.37. The summed E-state index contributed by atoms with van der Waals surface area (Å²) in [6, 6.07) is 8.15. The van der Waals surface area contributed by atoms with Crippen LogP contribution in [0.4, 0.5) is 5.95 Å². The van der Waals surface area contributed by atoms with Crippen LogP contribution in [0.2, 0.25) is 0 Å². The van der Waals surface area contributed by atoms with Gasteiger partial charge in [0.05, 0.1) is 6.54 Å². The van der Waals surface area contributed by atoms with Crippen LogP contribution in [-0.4, -0.2) is 44.9 Å². The molecule has 1 fully saturated rings. The van der Waals surface area contributed by atoms with Gasteiger partial charge in [0, 0.05) is 33.7 Å². The zero-order chi connectivity index (χ0) is 19.8. The Morgan fingerprint density at radius 3 is 2.64 bits per heavy atom. The summed E-state index contributed by atoms with van der Waals surface area (Å²) in [5, 5.41) is 3.40. The van der Waals surface area contributed by atoms with Crippen LogP contribution in [-0.2, 0) is 20.6 Å². The first kappa shape index (κ1) is 18.5. The van der Waals surface area contributed by atoms with Gasteiger partial charge in [-0.25, -0.2) is 4.79 Å². The highest BCUT2D eigenvalue weighted by molar-refractivity contribution is 5.75. The largest absolute Gasteiger partial charge is 0.341 e. The Hall–Kier alpha value is -2.87. The van der Waals surface area contributed by atoms with Gasteiger partial charge in [-0.2, -0.15) is 4.98 Å². The molecule has 0 unspecified atom stereocenters. The predicted octanol–water partition coefficient (Wildman–Crippen LogP) is 0.590. The lowest BCUT2D eigenvalue weighted by Gasteiger charge is -2.22. The lowest BCUT2D eigenvalue weighted by molar-refractivity contribution is 0.699. The molecule has 3 heterocycles. The average Bonchev–Trinajstić information content (AvgIpc) is 2.87. The summed E-state index contributed by atoms with van der Waals surface area (Å²) < 4.78 is 4.60. The van der Waals surface area contributed by atoms with E-state index < -0.39 is 0 Å². The van der Waals surface area contributed by atoms with Crippen LogP contribution in [0.1, 0.15) is 17.5 Å². The molecule has 3 aromatic rings. The number of benzene rings is 1. The van der Waals surface area contributed by atoms with Crippen molar-refractivity contribution in [2.24, 2.45) is 14.1 Å². The Bertz CT molecular complexity index is 1130. The Morgan fingerprint density at radius 2 is 1.86 bits per heavy atom. The number of aryl methyl sites for hydroxylation is 2. The third kappa shape index (κ3) is 3.03. The van der Waals surface area contributed by atoms with E-state index in [1.165, 1.54) is 11.6 Å². The standard InChI is InChI=1S/C20H26N6O2/c1-14-7-4-5-8-15(14)13-26-16-17(23(2)20(28)24(3)18(16)27)22-19(26)25-11-6-9-21-10-12-25/h4-5,7-8,21H,6,9-13H2,1-3H3. The third-order valence-corrected chi connectivity index (χ3v) is 5.54. The summed E-state index contributed by atoms with van der Waals surface area (Å²) in [4.78, 5) is 32.4. The first-order valence-electron chi connectivity index (χ1n) is 9.65. The summed E-state index contributed by atoms with van der Waals surface area (Å²) in [7, 11) is 3.19.